The molecule has 0 unspecified atom stereocenters. The van der Waals surface area contributed by atoms with E-state index in [1.54, 1.807) is 18.2 Å². The number of benzene rings is 2. The van der Waals surface area contributed by atoms with Crippen molar-refractivity contribution >= 4 is 50.7 Å². The van der Waals surface area contributed by atoms with Crippen LogP contribution in [0.3, 0.4) is 0 Å². The zero-order chi connectivity index (χ0) is 15.2. The van der Waals surface area contributed by atoms with E-state index >= 15 is 0 Å². The van der Waals surface area contributed by atoms with Gasteiger partial charge in [0, 0.05) is 10.5 Å². The van der Waals surface area contributed by atoms with E-state index in [0.29, 0.717) is 22.3 Å². The third-order valence-corrected chi connectivity index (χ3v) is 3.51. The molecule has 2 aromatic rings. The van der Waals surface area contributed by atoms with Gasteiger partial charge in [0.15, 0.2) is 0 Å². The molecule has 0 spiro atoms. The van der Waals surface area contributed by atoms with Crippen LogP contribution in [0.1, 0.15) is 0 Å². The lowest BCUT2D eigenvalue weighted by Gasteiger charge is -2.09. The molecule has 0 atom stereocenters. The van der Waals surface area contributed by atoms with Crippen molar-refractivity contribution in [3.63, 3.8) is 0 Å². The molecule has 6 heteroatoms. The van der Waals surface area contributed by atoms with Crippen molar-refractivity contribution < 1.29 is 9.47 Å². The van der Waals surface area contributed by atoms with Gasteiger partial charge in [0.2, 0.25) is 0 Å². The molecule has 0 radical (unpaired) electrons. The highest BCUT2D eigenvalue weighted by atomic mass is 79.9. The summed E-state index contributed by atoms with van der Waals surface area (Å²) in [7, 11) is 0. The van der Waals surface area contributed by atoms with Gasteiger partial charge in [-0.15, -0.1) is 0 Å². The van der Waals surface area contributed by atoms with E-state index in [9.17, 15) is 0 Å². The number of hydrogen-bond donors (Lipinski definition) is 0. The summed E-state index contributed by atoms with van der Waals surface area (Å²) in [5.41, 5.74) is 0. The summed E-state index contributed by atoms with van der Waals surface area (Å²) in [5.74, 6) is 1.87. The molecule has 2 aromatic carbocycles. The highest BCUT2D eigenvalue weighted by Crippen LogP contribution is 2.32. The zero-order valence-electron chi connectivity index (χ0n) is 10.7. The number of rotatable bonds is 5. The van der Waals surface area contributed by atoms with Crippen LogP contribution in [-0.4, -0.2) is 6.61 Å². The first-order valence-electron chi connectivity index (χ1n) is 5.91. The molecule has 110 valence electrons. The van der Waals surface area contributed by atoms with Gasteiger partial charge < -0.3 is 9.47 Å². The molecule has 2 rings (SSSR count). The maximum Gasteiger partial charge on any atom is 0.138 e. The highest BCUT2D eigenvalue weighted by Gasteiger charge is 2.05. The molecule has 21 heavy (non-hydrogen) atoms. The van der Waals surface area contributed by atoms with Crippen molar-refractivity contribution in [1.29, 1.82) is 0 Å². The van der Waals surface area contributed by atoms with Crippen LogP contribution in [0.4, 0.5) is 0 Å². The van der Waals surface area contributed by atoms with Crippen LogP contribution in [-0.2, 0) is 0 Å². The van der Waals surface area contributed by atoms with E-state index in [2.05, 4.69) is 15.9 Å². The summed E-state index contributed by atoms with van der Waals surface area (Å²) in [6, 6.07) is 12.7. The van der Waals surface area contributed by atoms with Crippen molar-refractivity contribution in [2.24, 2.45) is 0 Å². The predicted octanol–water partition coefficient (Wildman–Crippen LogP) is 6.59. The Bertz CT molecular complexity index is 655. The Morgan fingerprint density at radius 3 is 2.52 bits per heavy atom. The van der Waals surface area contributed by atoms with Crippen LogP contribution >= 0.6 is 50.7 Å². The van der Waals surface area contributed by atoms with Gasteiger partial charge in [-0.25, -0.2) is 0 Å². The molecule has 0 aliphatic rings. The standard InChI is InChI=1S/C15H10BrCl3O2/c16-10-2-1-3-11(8-10)21-12-4-5-14(13(17)9-12)20-7-6-15(18)19/h1-6,8-9H,7H2. The number of halogens is 4. The van der Waals surface area contributed by atoms with Crippen molar-refractivity contribution in [2.75, 3.05) is 6.61 Å². The molecule has 0 aliphatic carbocycles. The molecule has 0 heterocycles. The lowest BCUT2D eigenvalue weighted by atomic mass is 10.3. The van der Waals surface area contributed by atoms with Gasteiger partial charge in [-0.05, 0) is 36.4 Å². The van der Waals surface area contributed by atoms with Gasteiger partial charge in [-0.1, -0.05) is 56.8 Å². The summed E-state index contributed by atoms with van der Waals surface area (Å²) in [5, 5.41) is 0.446. The van der Waals surface area contributed by atoms with Crippen LogP contribution in [0.5, 0.6) is 17.2 Å². The van der Waals surface area contributed by atoms with E-state index in [-0.39, 0.29) is 11.1 Å². The van der Waals surface area contributed by atoms with Gasteiger partial charge >= 0.3 is 0 Å². The minimum atomic E-state index is 0.153. The fraction of sp³-hybridized carbons (Fsp3) is 0.0667. The molecule has 0 bridgehead atoms. The van der Waals surface area contributed by atoms with Crippen LogP contribution in [0.2, 0.25) is 5.02 Å². The van der Waals surface area contributed by atoms with E-state index in [1.165, 1.54) is 6.08 Å². The minimum absolute atomic E-state index is 0.153. The third-order valence-electron chi connectivity index (χ3n) is 2.41. The molecule has 0 fully saturated rings. The molecular weight excluding hydrogens is 398 g/mol. The molecule has 0 aliphatic heterocycles. The highest BCUT2D eigenvalue weighted by molar-refractivity contribution is 9.10. The van der Waals surface area contributed by atoms with E-state index in [4.69, 9.17) is 44.3 Å². The first kappa shape index (κ1) is 16.5. The fourth-order valence-electron chi connectivity index (χ4n) is 1.52. The van der Waals surface area contributed by atoms with E-state index < -0.39 is 0 Å². The lowest BCUT2D eigenvalue weighted by molar-refractivity contribution is 0.362. The minimum Gasteiger partial charge on any atom is -0.488 e. The molecule has 0 amide bonds. The van der Waals surface area contributed by atoms with Crippen molar-refractivity contribution in [2.45, 2.75) is 0 Å². The second-order valence-corrected chi connectivity index (χ2v) is 6.29. The summed E-state index contributed by atoms with van der Waals surface area (Å²) < 4.78 is 12.2. The summed E-state index contributed by atoms with van der Waals surface area (Å²) in [6.45, 7) is 0.244. The maximum absolute atomic E-state index is 6.14. The molecule has 0 saturated carbocycles. The van der Waals surface area contributed by atoms with Crippen molar-refractivity contribution in [3.05, 3.63) is 62.5 Å². The largest absolute Gasteiger partial charge is 0.488 e. The van der Waals surface area contributed by atoms with Gasteiger partial charge in [-0.2, -0.15) is 0 Å². The number of ether oxygens (including phenoxy) is 2. The normalized spacial score (nSPS) is 10.1. The zero-order valence-corrected chi connectivity index (χ0v) is 14.5. The van der Waals surface area contributed by atoms with Crippen LogP contribution in [0.15, 0.2) is 57.5 Å². The van der Waals surface area contributed by atoms with E-state index in [1.807, 2.05) is 24.3 Å². The molecule has 0 saturated heterocycles. The first-order valence-corrected chi connectivity index (χ1v) is 7.84. The van der Waals surface area contributed by atoms with Gasteiger partial charge in [0.25, 0.3) is 0 Å². The molecule has 2 nitrogen and oxygen atoms in total. The van der Waals surface area contributed by atoms with Crippen LogP contribution in [0.25, 0.3) is 0 Å². The fourth-order valence-corrected chi connectivity index (χ4v) is 2.25. The predicted molar refractivity (Wildman–Crippen MR) is 91.0 cm³/mol. The average molecular weight is 409 g/mol. The smallest absolute Gasteiger partial charge is 0.138 e. The summed E-state index contributed by atoms with van der Waals surface area (Å²) in [6.07, 6.45) is 1.53. The Labute approximate surface area is 146 Å². The molecular formula is C15H10BrCl3O2. The average Bonchev–Trinajstić information content (AvgIpc) is 2.41. The summed E-state index contributed by atoms with van der Waals surface area (Å²) in [4.78, 5) is 0. The maximum atomic E-state index is 6.14. The Kier molecular flexibility index (Phi) is 6.24. The van der Waals surface area contributed by atoms with Crippen LogP contribution < -0.4 is 9.47 Å². The molecule has 0 aromatic heterocycles. The first-order chi connectivity index (χ1) is 10.0. The Morgan fingerprint density at radius 2 is 1.86 bits per heavy atom. The van der Waals surface area contributed by atoms with Gasteiger partial charge in [-0.3, -0.25) is 0 Å². The Morgan fingerprint density at radius 1 is 1.10 bits per heavy atom. The summed E-state index contributed by atoms with van der Waals surface area (Å²) >= 11 is 20.5. The SMILES string of the molecule is ClC(Cl)=CCOc1ccc(Oc2cccc(Br)c2)cc1Cl. The van der Waals surface area contributed by atoms with E-state index in [0.717, 1.165) is 4.47 Å². The second kappa shape index (κ2) is 7.95. The molecule has 0 N–H and O–H groups in total. The van der Waals surface area contributed by atoms with Gasteiger partial charge in [0.1, 0.15) is 28.3 Å². The monoisotopic (exact) mass is 406 g/mol. The van der Waals surface area contributed by atoms with Crippen molar-refractivity contribution in [1.82, 2.24) is 0 Å². The Hall–Kier alpha value is -0.870. The van der Waals surface area contributed by atoms with Crippen LogP contribution in [0, 0.1) is 0 Å². The third kappa shape index (κ3) is 5.44. The quantitative estimate of drug-likeness (QED) is 0.555. The second-order valence-electron chi connectivity index (χ2n) is 3.96. The Balaban J connectivity index is 2.06. The lowest BCUT2D eigenvalue weighted by Crippen LogP contribution is -1.94. The number of hydrogen-bond acceptors (Lipinski definition) is 2. The van der Waals surface area contributed by atoms with Crippen molar-refractivity contribution in [3.8, 4) is 17.2 Å². The van der Waals surface area contributed by atoms with Gasteiger partial charge in [0.05, 0.1) is 5.02 Å². The topological polar surface area (TPSA) is 18.5 Å².